The van der Waals surface area contributed by atoms with Crippen molar-refractivity contribution in [3.63, 3.8) is 0 Å². The standard InChI is InChI=1S/C14H13BrN2O3/c15-10-7-12(17-8-10)13(18)16-6-5-9-3-1-2-4-11(9)14(19)20/h1-4,7-8,17H,5-6H2,(H,16,18)(H,19,20). The predicted molar refractivity (Wildman–Crippen MR) is 77.9 cm³/mol. The van der Waals surface area contributed by atoms with Gasteiger partial charge < -0.3 is 15.4 Å². The highest BCUT2D eigenvalue weighted by atomic mass is 79.9. The average Bonchev–Trinajstić information content (AvgIpc) is 2.86. The number of carbonyl (C=O) groups excluding carboxylic acids is 1. The van der Waals surface area contributed by atoms with E-state index in [-0.39, 0.29) is 11.5 Å². The average molecular weight is 337 g/mol. The lowest BCUT2D eigenvalue weighted by Crippen LogP contribution is -2.26. The Balaban J connectivity index is 1.93. The van der Waals surface area contributed by atoms with Gasteiger partial charge in [-0.25, -0.2) is 4.79 Å². The van der Waals surface area contributed by atoms with Crippen molar-refractivity contribution in [1.29, 1.82) is 0 Å². The van der Waals surface area contributed by atoms with E-state index >= 15 is 0 Å². The van der Waals surface area contributed by atoms with Crippen molar-refractivity contribution < 1.29 is 14.7 Å². The van der Waals surface area contributed by atoms with E-state index in [4.69, 9.17) is 5.11 Å². The number of carbonyl (C=O) groups is 2. The first-order valence-electron chi connectivity index (χ1n) is 6.01. The van der Waals surface area contributed by atoms with Gasteiger partial charge in [-0.15, -0.1) is 0 Å². The Kier molecular flexibility index (Phi) is 4.57. The van der Waals surface area contributed by atoms with Crippen molar-refractivity contribution in [2.45, 2.75) is 6.42 Å². The molecule has 2 aromatic rings. The maximum absolute atomic E-state index is 11.8. The smallest absolute Gasteiger partial charge is 0.335 e. The van der Waals surface area contributed by atoms with Gasteiger partial charge in [0.2, 0.25) is 0 Å². The van der Waals surface area contributed by atoms with Gasteiger partial charge in [-0.3, -0.25) is 4.79 Å². The summed E-state index contributed by atoms with van der Waals surface area (Å²) in [6.07, 6.45) is 2.14. The Bertz CT molecular complexity index is 637. The molecule has 0 aliphatic carbocycles. The van der Waals surface area contributed by atoms with Crippen LogP contribution in [-0.4, -0.2) is 28.5 Å². The molecule has 0 atom stereocenters. The lowest BCUT2D eigenvalue weighted by molar-refractivity contribution is 0.0695. The maximum atomic E-state index is 11.8. The fraction of sp³-hybridized carbons (Fsp3) is 0.143. The van der Waals surface area contributed by atoms with E-state index in [1.165, 1.54) is 0 Å². The van der Waals surface area contributed by atoms with Crippen molar-refractivity contribution in [3.8, 4) is 0 Å². The van der Waals surface area contributed by atoms with Gasteiger partial charge in [0.05, 0.1) is 5.56 Å². The molecular weight excluding hydrogens is 324 g/mol. The van der Waals surface area contributed by atoms with Crippen molar-refractivity contribution in [3.05, 3.63) is 57.8 Å². The Hall–Kier alpha value is -2.08. The number of carboxylic acids is 1. The molecule has 1 heterocycles. The van der Waals surface area contributed by atoms with Crippen LogP contribution in [0.3, 0.4) is 0 Å². The number of aromatic amines is 1. The number of benzene rings is 1. The molecule has 1 aromatic carbocycles. The number of hydrogen-bond acceptors (Lipinski definition) is 2. The molecule has 1 aromatic heterocycles. The number of rotatable bonds is 5. The van der Waals surface area contributed by atoms with Crippen molar-refractivity contribution in [2.75, 3.05) is 6.54 Å². The van der Waals surface area contributed by atoms with Crippen LogP contribution in [0.2, 0.25) is 0 Å². The second kappa shape index (κ2) is 6.38. The minimum atomic E-state index is -0.958. The van der Waals surface area contributed by atoms with Crippen LogP contribution in [0, 0.1) is 0 Å². The third-order valence-electron chi connectivity index (χ3n) is 2.82. The number of aromatic carboxylic acids is 1. The molecule has 0 saturated carbocycles. The quantitative estimate of drug-likeness (QED) is 0.784. The largest absolute Gasteiger partial charge is 0.478 e. The summed E-state index contributed by atoms with van der Waals surface area (Å²) in [5, 5.41) is 11.8. The summed E-state index contributed by atoms with van der Waals surface area (Å²) in [6.45, 7) is 0.375. The van der Waals surface area contributed by atoms with Crippen LogP contribution in [0.4, 0.5) is 0 Å². The van der Waals surface area contributed by atoms with E-state index in [1.54, 1.807) is 36.5 Å². The molecular formula is C14H13BrN2O3. The first kappa shape index (κ1) is 14.3. The Morgan fingerprint density at radius 1 is 1.30 bits per heavy atom. The summed E-state index contributed by atoms with van der Waals surface area (Å²) in [4.78, 5) is 25.7. The van der Waals surface area contributed by atoms with Crippen molar-refractivity contribution in [2.24, 2.45) is 0 Å². The lowest BCUT2D eigenvalue weighted by Gasteiger charge is -2.07. The van der Waals surface area contributed by atoms with Crippen molar-refractivity contribution >= 4 is 27.8 Å². The first-order valence-corrected chi connectivity index (χ1v) is 6.80. The van der Waals surface area contributed by atoms with Gasteiger partial charge >= 0.3 is 5.97 Å². The summed E-state index contributed by atoms with van der Waals surface area (Å²) in [5.41, 5.74) is 1.43. The highest BCUT2D eigenvalue weighted by Gasteiger charge is 2.10. The van der Waals surface area contributed by atoms with Crippen LogP contribution in [0.1, 0.15) is 26.4 Å². The Morgan fingerprint density at radius 2 is 2.05 bits per heavy atom. The highest BCUT2D eigenvalue weighted by molar-refractivity contribution is 9.10. The van der Waals surface area contributed by atoms with Crippen LogP contribution < -0.4 is 5.32 Å². The summed E-state index contributed by atoms with van der Waals surface area (Å²) >= 11 is 3.25. The molecule has 0 bridgehead atoms. The molecule has 2 rings (SSSR count). The molecule has 6 heteroatoms. The zero-order chi connectivity index (χ0) is 14.5. The number of H-pyrrole nitrogens is 1. The molecule has 1 amide bonds. The van der Waals surface area contributed by atoms with E-state index in [1.807, 2.05) is 0 Å². The lowest BCUT2D eigenvalue weighted by atomic mass is 10.0. The van der Waals surface area contributed by atoms with E-state index in [2.05, 4.69) is 26.2 Å². The maximum Gasteiger partial charge on any atom is 0.335 e. The number of carboxylic acid groups (broad SMARTS) is 1. The monoisotopic (exact) mass is 336 g/mol. The van der Waals surface area contributed by atoms with Gasteiger partial charge in [-0.2, -0.15) is 0 Å². The second-order valence-electron chi connectivity index (χ2n) is 4.20. The van der Waals surface area contributed by atoms with Crippen LogP contribution >= 0.6 is 15.9 Å². The van der Waals surface area contributed by atoms with Gasteiger partial charge in [-0.05, 0) is 40.0 Å². The topological polar surface area (TPSA) is 82.2 Å². The van der Waals surface area contributed by atoms with Crippen LogP contribution in [0.25, 0.3) is 0 Å². The van der Waals surface area contributed by atoms with Crippen molar-refractivity contribution in [1.82, 2.24) is 10.3 Å². The van der Waals surface area contributed by atoms with E-state index in [0.29, 0.717) is 24.2 Å². The molecule has 104 valence electrons. The number of amides is 1. The molecule has 0 unspecified atom stereocenters. The third-order valence-corrected chi connectivity index (χ3v) is 3.28. The van der Waals surface area contributed by atoms with Gasteiger partial charge in [0.25, 0.3) is 5.91 Å². The zero-order valence-electron chi connectivity index (χ0n) is 10.5. The summed E-state index contributed by atoms with van der Waals surface area (Å²) < 4.78 is 0.805. The van der Waals surface area contributed by atoms with E-state index < -0.39 is 5.97 Å². The first-order chi connectivity index (χ1) is 9.58. The Labute approximate surface area is 124 Å². The number of hydrogen-bond donors (Lipinski definition) is 3. The molecule has 0 spiro atoms. The highest BCUT2D eigenvalue weighted by Crippen LogP contribution is 2.11. The van der Waals surface area contributed by atoms with Crippen LogP contribution in [-0.2, 0) is 6.42 Å². The summed E-state index contributed by atoms with van der Waals surface area (Å²) in [7, 11) is 0. The number of nitrogens with one attached hydrogen (secondary N) is 2. The van der Waals surface area contributed by atoms with Gasteiger partial charge in [0.15, 0.2) is 0 Å². The van der Waals surface area contributed by atoms with Gasteiger partial charge in [0, 0.05) is 17.2 Å². The van der Waals surface area contributed by atoms with E-state index in [0.717, 1.165) is 4.47 Å². The summed E-state index contributed by atoms with van der Waals surface area (Å²) in [5.74, 6) is -1.18. The SMILES string of the molecule is O=C(NCCc1ccccc1C(=O)O)c1cc(Br)c[nH]1. The molecule has 0 radical (unpaired) electrons. The molecule has 0 aliphatic heterocycles. The molecule has 5 nitrogen and oxygen atoms in total. The predicted octanol–water partition coefficient (Wildman–Crippen LogP) is 2.45. The van der Waals surface area contributed by atoms with Gasteiger partial charge in [-0.1, -0.05) is 18.2 Å². The zero-order valence-corrected chi connectivity index (χ0v) is 12.1. The molecule has 0 fully saturated rings. The minimum Gasteiger partial charge on any atom is -0.478 e. The molecule has 20 heavy (non-hydrogen) atoms. The number of halogens is 1. The van der Waals surface area contributed by atoms with Crippen LogP contribution in [0.5, 0.6) is 0 Å². The Morgan fingerprint density at radius 3 is 2.70 bits per heavy atom. The van der Waals surface area contributed by atoms with Gasteiger partial charge in [0.1, 0.15) is 5.69 Å². The molecule has 3 N–H and O–H groups in total. The fourth-order valence-electron chi connectivity index (χ4n) is 1.85. The molecule has 0 aliphatic rings. The third kappa shape index (κ3) is 3.48. The fourth-order valence-corrected chi connectivity index (χ4v) is 2.20. The molecule has 0 saturated heterocycles. The normalized spacial score (nSPS) is 10.2. The second-order valence-corrected chi connectivity index (χ2v) is 5.12. The minimum absolute atomic E-state index is 0.219. The van der Waals surface area contributed by atoms with E-state index in [9.17, 15) is 9.59 Å². The number of aromatic nitrogens is 1. The van der Waals surface area contributed by atoms with Crippen LogP contribution in [0.15, 0.2) is 41.0 Å². The summed E-state index contributed by atoms with van der Waals surface area (Å²) in [6, 6.07) is 8.45.